The molecule has 0 saturated heterocycles. The van der Waals surface area contributed by atoms with Crippen LogP contribution in [0.5, 0.6) is 5.75 Å². The van der Waals surface area contributed by atoms with Crippen LogP contribution >= 0.6 is 0 Å². The summed E-state index contributed by atoms with van der Waals surface area (Å²) in [6.07, 6.45) is 2.67. The zero-order valence-electron chi connectivity index (χ0n) is 9.55. The van der Waals surface area contributed by atoms with Crippen molar-refractivity contribution >= 4 is 5.97 Å². The molecule has 0 aliphatic heterocycles. The van der Waals surface area contributed by atoms with E-state index in [-0.39, 0.29) is 5.56 Å². The second-order valence-electron chi connectivity index (χ2n) is 3.57. The van der Waals surface area contributed by atoms with Crippen molar-refractivity contribution in [3.8, 4) is 16.9 Å². The van der Waals surface area contributed by atoms with Crippen molar-refractivity contribution in [3.05, 3.63) is 48.0 Å². The minimum atomic E-state index is -1.12. The molecule has 0 atom stereocenters. The molecule has 4 nitrogen and oxygen atoms in total. The topological polar surface area (TPSA) is 59.4 Å². The number of hydrogen-bond acceptors (Lipinski definition) is 3. The Balaban J connectivity index is 2.68. The van der Waals surface area contributed by atoms with E-state index in [1.54, 1.807) is 0 Å². The van der Waals surface area contributed by atoms with Crippen molar-refractivity contribution in [1.82, 2.24) is 4.98 Å². The maximum atomic E-state index is 13.3. The number of methoxy groups -OCH3 is 1. The molecule has 2 aromatic rings. The van der Waals surface area contributed by atoms with Crippen LogP contribution in [0.1, 0.15) is 10.4 Å². The summed E-state index contributed by atoms with van der Waals surface area (Å²) in [4.78, 5) is 14.9. The number of halogens is 1. The standard InChI is InChI=1S/C13H10FNO3/c1-18-12-3-2-8(14)6-10(12)9-4-5-15-7-11(9)13(16)17/h2-7H,1H3,(H,16,17). The molecule has 0 radical (unpaired) electrons. The predicted molar refractivity (Wildman–Crippen MR) is 63.1 cm³/mol. The quantitative estimate of drug-likeness (QED) is 0.905. The molecule has 1 aromatic heterocycles. The summed E-state index contributed by atoms with van der Waals surface area (Å²) in [5.41, 5.74) is 0.757. The third kappa shape index (κ3) is 2.15. The molecule has 0 unspecified atom stereocenters. The van der Waals surface area contributed by atoms with Gasteiger partial charge in [0.25, 0.3) is 0 Å². The molecule has 0 saturated carbocycles. The fourth-order valence-electron chi connectivity index (χ4n) is 1.69. The Bertz CT molecular complexity index is 599. The summed E-state index contributed by atoms with van der Waals surface area (Å²) < 4.78 is 18.4. The lowest BCUT2D eigenvalue weighted by Gasteiger charge is -2.10. The van der Waals surface area contributed by atoms with E-state index >= 15 is 0 Å². The molecule has 0 aliphatic carbocycles. The van der Waals surface area contributed by atoms with Gasteiger partial charge in [-0.05, 0) is 24.3 Å². The number of carboxylic acids is 1. The number of nitrogens with zero attached hydrogens (tertiary/aromatic N) is 1. The molecule has 1 N–H and O–H groups in total. The summed E-state index contributed by atoms with van der Waals surface area (Å²) in [6.45, 7) is 0. The monoisotopic (exact) mass is 247 g/mol. The lowest BCUT2D eigenvalue weighted by Crippen LogP contribution is -2.01. The third-order valence-electron chi connectivity index (χ3n) is 2.50. The molecule has 0 fully saturated rings. The number of rotatable bonds is 3. The molecule has 18 heavy (non-hydrogen) atoms. The summed E-state index contributed by atoms with van der Waals surface area (Å²) in [5, 5.41) is 9.09. The molecule has 5 heteroatoms. The zero-order valence-corrected chi connectivity index (χ0v) is 9.55. The fraction of sp³-hybridized carbons (Fsp3) is 0.0769. The first kappa shape index (κ1) is 12.0. The number of carboxylic acid groups (broad SMARTS) is 1. The molecule has 1 aromatic carbocycles. The fourth-order valence-corrected chi connectivity index (χ4v) is 1.69. The van der Waals surface area contributed by atoms with Crippen LogP contribution in [0.15, 0.2) is 36.7 Å². The van der Waals surface area contributed by atoms with Gasteiger partial charge in [0.1, 0.15) is 11.6 Å². The first-order chi connectivity index (χ1) is 8.63. The number of benzene rings is 1. The summed E-state index contributed by atoms with van der Waals surface area (Å²) in [7, 11) is 1.44. The van der Waals surface area contributed by atoms with E-state index in [9.17, 15) is 9.18 Å². The van der Waals surface area contributed by atoms with Crippen LogP contribution in [0.4, 0.5) is 4.39 Å². The molecule has 0 aliphatic rings. The van der Waals surface area contributed by atoms with E-state index in [0.717, 1.165) is 0 Å². The third-order valence-corrected chi connectivity index (χ3v) is 2.50. The van der Waals surface area contributed by atoms with Crippen molar-refractivity contribution in [2.24, 2.45) is 0 Å². The van der Waals surface area contributed by atoms with Crippen molar-refractivity contribution in [2.75, 3.05) is 7.11 Å². The van der Waals surface area contributed by atoms with Gasteiger partial charge in [0.15, 0.2) is 0 Å². The Morgan fingerprint density at radius 1 is 1.33 bits per heavy atom. The van der Waals surface area contributed by atoms with Crippen LogP contribution in [0.3, 0.4) is 0 Å². The highest BCUT2D eigenvalue weighted by Crippen LogP contribution is 2.32. The first-order valence-electron chi connectivity index (χ1n) is 5.14. The maximum Gasteiger partial charge on any atom is 0.337 e. The lowest BCUT2D eigenvalue weighted by molar-refractivity contribution is 0.0697. The van der Waals surface area contributed by atoms with Crippen LogP contribution in [-0.4, -0.2) is 23.2 Å². The van der Waals surface area contributed by atoms with E-state index < -0.39 is 11.8 Å². The van der Waals surface area contributed by atoms with Crippen LogP contribution in [0.2, 0.25) is 0 Å². The van der Waals surface area contributed by atoms with Crippen molar-refractivity contribution in [1.29, 1.82) is 0 Å². The van der Waals surface area contributed by atoms with Gasteiger partial charge in [0.2, 0.25) is 0 Å². The Morgan fingerprint density at radius 2 is 2.11 bits per heavy atom. The molecule has 92 valence electrons. The van der Waals surface area contributed by atoms with Gasteiger partial charge >= 0.3 is 5.97 Å². The molecule has 0 spiro atoms. The summed E-state index contributed by atoms with van der Waals surface area (Å²) >= 11 is 0. The van der Waals surface area contributed by atoms with Crippen molar-refractivity contribution in [2.45, 2.75) is 0 Å². The van der Waals surface area contributed by atoms with E-state index in [0.29, 0.717) is 16.9 Å². The van der Waals surface area contributed by atoms with E-state index in [2.05, 4.69) is 4.98 Å². The van der Waals surface area contributed by atoms with E-state index in [1.165, 1.54) is 43.8 Å². The highest BCUT2D eigenvalue weighted by atomic mass is 19.1. The van der Waals surface area contributed by atoms with Crippen LogP contribution in [0, 0.1) is 5.82 Å². The van der Waals surface area contributed by atoms with Gasteiger partial charge < -0.3 is 9.84 Å². The molecular weight excluding hydrogens is 237 g/mol. The number of hydrogen-bond donors (Lipinski definition) is 1. The smallest absolute Gasteiger partial charge is 0.337 e. The summed E-state index contributed by atoms with van der Waals surface area (Å²) in [5.74, 6) is -1.17. The van der Waals surface area contributed by atoms with Crippen molar-refractivity contribution in [3.63, 3.8) is 0 Å². The second kappa shape index (κ2) is 4.83. The number of aromatic carboxylic acids is 1. The number of aromatic nitrogens is 1. The van der Waals surface area contributed by atoms with Gasteiger partial charge in [-0.15, -0.1) is 0 Å². The predicted octanol–water partition coefficient (Wildman–Crippen LogP) is 2.59. The minimum Gasteiger partial charge on any atom is -0.496 e. The molecule has 0 amide bonds. The van der Waals surface area contributed by atoms with Crippen LogP contribution in [0.25, 0.3) is 11.1 Å². The normalized spacial score (nSPS) is 10.1. The second-order valence-corrected chi connectivity index (χ2v) is 3.57. The van der Waals surface area contributed by atoms with Gasteiger partial charge in [-0.2, -0.15) is 0 Å². The Hall–Kier alpha value is -2.43. The van der Waals surface area contributed by atoms with E-state index in [4.69, 9.17) is 9.84 Å². The Morgan fingerprint density at radius 3 is 2.78 bits per heavy atom. The van der Waals surface area contributed by atoms with Gasteiger partial charge in [-0.1, -0.05) is 0 Å². The van der Waals surface area contributed by atoms with Crippen LogP contribution < -0.4 is 4.74 Å². The SMILES string of the molecule is COc1ccc(F)cc1-c1ccncc1C(=O)O. The Labute approximate surface area is 103 Å². The first-order valence-corrected chi connectivity index (χ1v) is 5.14. The number of pyridine rings is 1. The van der Waals surface area contributed by atoms with Gasteiger partial charge in [-0.25, -0.2) is 9.18 Å². The number of ether oxygens (including phenoxy) is 1. The summed E-state index contributed by atoms with van der Waals surface area (Å²) in [6, 6.07) is 5.46. The zero-order chi connectivity index (χ0) is 13.1. The molecule has 0 bridgehead atoms. The van der Waals surface area contributed by atoms with Crippen LogP contribution in [-0.2, 0) is 0 Å². The minimum absolute atomic E-state index is 0.00130. The molecule has 1 heterocycles. The highest BCUT2D eigenvalue weighted by Gasteiger charge is 2.15. The van der Waals surface area contributed by atoms with E-state index in [1.807, 2.05) is 0 Å². The number of carbonyl (C=O) groups is 1. The lowest BCUT2D eigenvalue weighted by atomic mass is 10.0. The maximum absolute atomic E-state index is 13.3. The largest absolute Gasteiger partial charge is 0.496 e. The molecule has 2 rings (SSSR count). The average molecular weight is 247 g/mol. The Kier molecular flexibility index (Phi) is 3.23. The van der Waals surface area contributed by atoms with Crippen molar-refractivity contribution < 1.29 is 19.0 Å². The average Bonchev–Trinajstić information content (AvgIpc) is 2.38. The highest BCUT2D eigenvalue weighted by molar-refractivity contribution is 5.96. The van der Waals surface area contributed by atoms with Gasteiger partial charge in [-0.3, -0.25) is 4.98 Å². The van der Waals surface area contributed by atoms with Gasteiger partial charge in [0, 0.05) is 23.5 Å². The van der Waals surface area contributed by atoms with Gasteiger partial charge in [0.05, 0.1) is 12.7 Å². The molecular formula is C13H10FNO3.